The quantitative estimate of drug-likeness (QED) is 0.519. The maximum atomic E-state index is 11.7. The van der Waals surface area contributed by atoms with Gasteiger partial charge < -0.3 is 21.1 Å². The Morgan fingerprint density at radius 3 is 2.35 bits per heavy atom. The van der Waals surface area contributed by atoms with Gasteiger partial charge in [0.1, 0.15) is 11.8 Å². The Kier molecular flexibility index (Phi) is 5.67. The van der Waals surface area contributed by atoms with E-state index in [0.717, 1.165) is 0 Å². The molecule has 0 spiro atoms. The normalized spacial score (nSPS) is 11.3. The van der Waals surface area contributed by atoms with Crippen molar-refractivity contribution < 1.29 is 19.1 Å². The van der Waals surface area contributed by atoms with E-state index in [1.807, 2.05) is 0 Å². The van der Waals surface area contributed by atoms with Crippen LogP contribution in [0, 0.1) is 0 Å². The largest absolute Gasteiger partial charge is 0.425 e. The van der Waals surface area contributed by atoms with Gasteiger partial charge in [-0.3, -0.25) is 9.59 Å². The van der Waals surface area contributed by atoms with Crippen molar-refractivity contribution in [1.82, 2.24) is 5.32 Å². The first kappa shape index (κ1) is 15.6. The molecule has 1 aromatic carbocycles. The Balaban J connectivity index is 2.57. The Morgan fingerprint density at radius 2 is 1.85 bits per heavy atom. The van der Waals surface area contributed by atoms with Crippen molar-refractivity contribution in [1.29, 1.82) is 0 Å². The van der Waals surface area contributed by atoms with E-state index in [9.17, 15) is 14.4 Å². The Bertz CT molecular complexity index is 499. The minimum Gasteiger partial charge on any atom is -0.425 e. The molecule has 1 atom stereocenters. The van der Waals surface area contributed by atoms with Crippen molar-refractivity contribution in [2.75, 3.05) is 11.9 Å². The standard InChI is InChI=1S/C13H17N3O4/c1-8(15-12(18)7-14)13(19)20-11-5-3-10(4-6-11)16-9(2)17/h3-6,8H,7,14H2,1-2H3,(H,15,18)(H,16,17)/t8-/m0/s1. The van der Waals surface area contributed by atoms with E-state index < -0.39 is 17.9 Å². The molecule has 4 N–H and O–H groups in total. The average Bonchev–Trinajstić information content (AvgIpc) is 2.40. The second-order valence-electron chi connectivity index (χ2n) is 4.12. The molecule has 0 bridgehead atoms. The first-order valence-corrected chi connectivity index (χ1v) is 6.01. The zero-order chi connectivity index (χ0) is 15.1. The highest BCUT2D eigenvalue weighted by Gasteiger charge is 2.17. The number of rotatable bonds is 5. The topological polar surface area (TPSA) is 111 Å². The van der Waals surface area contributed by atoms with Gasteiger partial charge in [0.25, 0.3) is 0 Å². The fourth-order valence-corrected chi connectivity index (χ4v) is 1.37. The maximum absolute atomic E-state index is 11.7. The highest BCUT2D eigenvalue weighted by Crippen LogP contribution is 2.16. The van der Waals surface area contributed by atoms with E-state index in [1.54, 1.807) is 24.3 Å². The van der Waals surface area contributed by atoms with Crippen LogP contribution in [0.4, 0.5) is 5.69 Å². The molecule has 0 aliphatic heterocycles. The van der Waals surface area contributed by atoms with Crippen LogP contribution in [-0.4, -0.2) is 30.4 Å². The third-order valence-corrected chi connectivity index (χ3v) is 2.31. The predicted octanol–water partition coefficient (Wildman–Crippen LogP) is 0.0138. The number of anilines is 1. The number of benzene rings is 1. The van der Waals surface area contributed by atoms with Crippen LogP contribution < -0.4 is 21.1 Å². The molecule has 1 aromatic rings. The molecule has 0 aliphatic carbocycles. The van der Waals surface area contributed by atoms with E-state index >= 15 is 0 Å². The summed E-state index contributed by atoms with van der Waals surface area (Å²) >= 11 is 0. The first-order chi connectivity index (χ1) is 9.42. The van der Waals surface area contributed by atoms with E-state index in [2.05, 4.69) is 10.6 Å². The van der Waals surface area contributed by atoms with Gasteiger partial charge in [-0.05, 0) is 31.2 Å². The van der Waals surface area contributed by atoms with Gasteiger partial charge in [-0.25, -0.2) is 4.79 Å². The second-order valence-corrected chi connectivity index (χ2v) is 4.12. The summed E-state index contributed by atoms with van der Waals surface area (Å²) in [4.78, 5) is 33.6. The maximum Gasteiger partial charge on any atom is 0.333 e. The summed E-state index contributed by atoms with van der Waals surface area (Å²) in [5.74, 6) is -0.902. The van der Waals surface area contributed by atoms with Crippen LogP contribution in [0.5, 0.6) is 5.75 Å². The number of esters is 1. The monoisotopic (exact) mass is 279 g/mol. The van der Waals surface area contributed by atoms with E-state index in [4.69, 9.17) is 10.5 Å². The number of nitrogens with two attached hydrogens (primary N) is 1. The smallest absolute Gasteiger partial charge is 0.333 e. The summed E-state index contributed by atoms with van der Waals surface area (Å²) in [5, 5.41) is 4.98. The van der Waals surface area contributed by atoms with Gasteiger partial charge in [0.15, 0.2) is 0 Å². The van der Waals surface area contributed by atoms with E-state index in [-0.39, 0.29) is 12.5 Å². The zero-order valence-electron chi connectivity index (χ0n) is 11.3. The Labute approximate surface area is 116 Å². The summed E-state index contributed by atoms with van der Waals surface area (Å²) in [5.41, 5.74) is 5.73. The van der Waals surface area contributed by atoms with Gasteiger partial charge in [0.05, 0.1) is 6.54 Å². The molecule has 108 valence electrons. The number of carbonyl (C=O) groups is 3. The van der Waals surface area contributed by atoms with Gasteiger partial charge in [-0.1, -0.05) is 0 Å². The van der Waals surface area contributed by atoms with Gasteiger partial charge in [-0.15, -0.1) is 0 Å². The summed E-state index contributed by atoms with van der Waals surface area (Å²) < 4.78 is 5.07. The molecule has 2 amide bonds. The Morgan fingerprint density at radius 1 is 1.25 bits per heavy atom. The summed E-state index contributed by atoms with van der Waals surface area (Å²) in [7, 11) is 0. The minimum absolute atomic E-state index is 0.187. The van der Waals surface area contributed by atoms with E-state index in [0.29, 0.717) is 11.4 Å². The molecule has 7 nitrogen and oxygen atoms in total. The minimum atomic E-state index is -0.791. The van der Waals surface area contributed by atoms with Crippen LogP contribution in [-0.2, 0) is 14.4 Å². The predicted molar refractivity (Wildman–Crippen MR) is 73.0 cm³/mol. The zero-order valence-corrected chi connectivity index (χ0v) is 11.3. The third kappa shape index (κ3) is 5.07. The summed E-state index contributed by atoms with van der Waals surface area (Å²) in [6, 6.07) is 5.50. The second kappa shape index (κ2) is 7.25. The molecule has 0 aromatic heterocycles. The summed E-state index contributed by atoms with van der Waals surface area (Å²) in [6.45, 7) is 2.71. The number of amides is 2. The van der Waals surface area contributed by atoms with Gasteiger partial charge in [-0.2, -0.15) is 0 Å². The van der Waals surface area contributed by atoms with Crippen molar-refractivity contribution in [3.05, 3.63) is 24.3 Å². The van der Waals surface area contributed by atoms with Crippen LogP contribution in [0.1, 0.15) is 13.8 Å². The fraction of sp³-hybridized carbons (Fsp3) is 0.308. The van der Waals surface area contributed by atoms with Crippen molar-refractivity contribution >= 4 is 23.5 Å². The molecule has 0 saturated heterocycles. The Hall–Kier alpha value is -2.41. The van der Waals surface area contributed by atoms with Crippen molar-refractivity contribution in [3.63, 3.8) is 0 Å². The lowest BCUT2D eigenvalue weighted by Crippen LogP contribution is -2.43. The third-order valence-electron chi connectivity index (χ3n) is 2.31. The van der Waals surface area contributed by atoms with Crippen LogP contribution in [0.15, 0.2) is 24.3 Å². The number of carbonyl (C=O) groups excluding carboxylic acids is 3. The number of hydrogen-bond donors (Lipinski definition) is 3. The first-order valence-electron chi connectivity index (χ1n) is 6.01. The van der Waals surface area contributed by atoms with Crippen molar-refractivity contribution in [2.24, 2.45) is 5.73 Å². The average molecular weight is 279 g/mol. The van der Waals surface area contributed by atoms with Crippen LogP contribution in [0.25, 0.3) is 0 Å². The van der Waals surface area contributed by atoms with Gasteiger partial charge in [0, 0.05) is 12.6 Å². The molecule has 0 unspecified atom stereocenters. The van der Waals surface area contributed by atoms with Gasteiger partial charge >= 0.3 is 5.97 Å². The lowest BCUT2D eigenvalue weighted by molar-refractivity contribution is -0.138. The number of nitrogens with one attached hydrogen (secondary N) is 2. The molecule has 0 radical (unpaired) electrons. The molecule has 0 aliphatic rings. The van der Waals surface area contributed by atoms with Crippen LogP contribution in [0.2, 0.25) is 0 Å². The molecule has 0 heterocycles. The molecular weight excluding hydrogens is 262 g/mol. The lowest BCUT2D eigenvalue weighted by atomic mass is 10.3. The molecule has 1 rings (SSSR count). The van der Waals surface area contributed by atoms with Crippen LogP contribution >= 0.6 is 0 Å². The molecular formula is C13H17N3O4. The van der Waals surface area contributed by atoms with Crippen molar-refractivity contribution in [3.8, 4) is 5.75 Å². The summed E-state index contributed by atoms with van der Waals surface area (Å²) in [6.07, 6.45) is 0. The van der Waals surface area contributed by atoms with Crippen molar-refractivity contribution in [2.45, 2.75) is 19.9 Å². The van der Waals surface area contributed by atoms with Crippen LogP contribution in [0.3, 0.4) is 0 Å². The molecule has 0 saturated carbocycles. The highest BCUT2D eigenvalue weighted by atomic mass is 16.5. The molecule has 7 heteroatoms. The number of ether oxygens (including phenoxy) is 1. The highest BCUT2D eigenvalue weighted by molar-refractivity contribution is 5.89. The van der Waals surface area contributed by atoms with E-state index in [1.165, 1.54) is 13.8 Å². The fourth-order valence-electron chi connectivity index (χ4n) is 1.37. The molecule has 0 fully saturated rings. The lowest BCUT2D eigenvalue weighted by Gasteiger charge is -2.12. The molecule has 20 heavy (non-hydrogen) atoms. The van der Waals surface area contributed by atoms with Gasteiger partial charge in [0.2, 0.25) is 11.8 Å². The number of hydrogen-bond acceptors (Lipinski definition) is 5. The SMILES string of the molecule is CC(=O)Nc1ccc(OC(=O)[C@H](C)NC(=O)CN)cc1.